The standard InChI is InChI=1S/C31H33N3O4/c1-20-18-25-26(19-24(20)31(37)38-4)33-30(36)28(25)29(22-10-6-5-7-11-22)32-23-15-13-21(14-16-23)27(35)12-8-9-17-34(2)3/h5-7,10-11,13-16,18-19,33,36H,8-9,12,17H2,1-4H3. The van der Waals surface area contributed by atoms with Crippen molar-refractivity contribution in [3.63, 3.8) is 0 Å². The molecule has 196 valence electrons. The van der Waals surface area contributed by atoms with Crippen LogP contribution in [0.1, 0.15) is 56.7 Å². The van der Waals surface area contributed by atoms with Crippen molar-refractivity contribution < 1.29 is 19.4 Å². The maximum absolute atomic E-state index is 12.6. The molecule has 0 saturated heterocycles. The Hall–Kier alpha value is -4.23. The van der Waals surface area contributed by atoms with E-state index in [9.17, 15) is 14.7 Å². The second kappa shape index (κ2) is 11.9. The Balaban J connectivity index is 1.71. The van der Waals surface area contributed by atoms with Crippen LogP contribution < -0.4 is 0 Å². The molecule has 0 atom stereocenters. The molecule has 1 aromatic heterocycles. The third kappa shape index (κ3) is 6.01. The largest absolute Gasteiger partial charge is 0.494 e. The molecule has 0 fully saturated rings. The van der Waals surface area contributed by atoms with E-state index in [1.807, 2.05) is 69.6 Å². The number of ether oxygens (including phenoxy) is 1. The van der Waals surface area contributed by atoms with E-state index in [1.165, 1.54) is 7.11 Å². The highest BCUT2D eigenvalue weighted by Gasteiger charge is 2.21. The number of hydrogen-bond acceptors (Lipinski definition) is 6. The van der Waals surface area contributed by atoms with Crippen LogP contribution in [-0.4, -0.2) is 60.2 Å². The highest BCUT2D eigenvalue weighted by Crippen LogP contribution is 2.33. The van der Waals surface area contributed by atoms with E-state index < -0.39 is 5.97 Å². The highest BCUT2D eigenvalue weighted by atomic mass is 16.5. The SMILES string of the molecule is COC(=O)c1cc2[nH]c(O)c(C(=Nc3ccc(C(=O)CCCCN(C)C)cc3)c3ccccc3)c2cc1C. The van der Waals surface area contributed by atoms with Gasteiger partial charge in [0.05, 0.1) is 29.6 Å². The maximum Gasteiger partial charge on any atom is 0.338 e. The van der Waals surface area contributed by atoms with Crippen molar-refractivity contribution in [2.45, 2.75) is 26.2 Å². The van der Waals surface area contributed by atoms with Crippen molar-refractivity contribution in [3.05, 3.63) is 94.5 Å². The van der Waals surface area contributed by atoms with Crippen LogP contribution in [0.15, 0.2) is 71.7 Å². The second-order valence-electron chi connectivity index (χ2n) is 9.61. The molecule has 0 aliphatic heterocycles. The minimum atomic E-state index is -0.440. The van der Waals surface area contributed by atoms with Crippen molar-refractivity contribution in [3.8, 4) is 5.88 Å². The van der Waals surface area contributed by atoms with E-state index >= 15 is 0 Å². The first-order valence-corrected chi connectivity index (χ1v) is 12.6. The lowest BCUT2D eigenvalue weighted by Crippen LogP contribution is -2.13. The number of methoxy groups -OCH3 is 1. The van der Waals surface area contributed by atoms with Gasteiger partial charge in [-0.15, -0.1) is 0 Å². The Labute approximate surface area is 222 Å². The number of carbonyl (C=O) groups excluding carboxylic acids is 2. The average molecular weight is 512 g/mol. The number of aromatic hydroxyl groups is 1. The summed E-state index contributed by atoms with van der Waals surface area (Å²) in [6, 6.07) is 20.4. The van der Waals surface area contributed by atoms with Crippen LogP contribution in [0.5, 0.6) is 5.88 Å². The molecular formula is C31H33N3O4. The normalized spacial score (nSPS) is 11.8. The molecule has 4 rings (SSSR count). The smallest absolute Gasteiger partial charge is 0.338 e. The number of benzene rings is 3. The third-order valence-corrected chi connectivity index (χ3v) is 6.50. The van der Waals surface area contributed by atoms with Crippen LogP contribution in [0.4, 0.5) is 5.69 Å². The van der Waals surface area contributed by atoms with E-state index in [-0.39, 0.29) is 11.7 Å². The first-order chi connectivity index (χ1) is 18.3. The molecule has 0 aliphatic rings. The van der Waals surface area contributed by atoms with Crippen molar-refractivity contribution in [2.75, 3.05) is 27.7 Å². The molecule has 0 unspecified atom stereocenters. The Morgan fingerprint density at radius 3 is 2.34 bits per heavy atom. The fourth-order valence-corrected chi connectivity index (χ4v) is 4.48. The molecule has 0 saturated carbocycles. The Morgan fingerprint density at radius 2 is 1.68 bits per heavy atom. The van der Waals surface area contributed by atoms with E-state index in [1.54, 1.807) is 18.2 Å². The number of rotatable bonds is 10. The zero-order valence-corrected chi connectivity index (χ0v) is 22.2. The van der Waals surface area contributed by atoms with E-state index in [0.717, 1.165) is 35.9 Å². The van der Waals surface area contributed by atoms with Gasteiger partial charge in [-0.05, 0) is 82.4 Å². The van der Waals surface area contributed by atoms with Crippen molar-refractivity contribution in [2.24, 2.45) is 4.99 Å². The van der Waals surface area contributed by atoms with Crippen LogP contribution in [-0.2, 0) is 4.74 Å². The Morgan fingerprint density at radius 1 is 0.974 bits per heavy atom. The topological polar surface area (TPSA) is 95.0 Å². The number of esters is 1. The monoisotopic (exact) mass is 511 g/mol. The van der Waals surface area contributed by atoms with E-state index in [4.69, 9.17) is 9.73 Å². The lowest BCUT2D eigenvalue weighted by molar-refractivity contribution is 0.0600. The molecule has 3 aromatic carbocycles. The molecule has 0 bridgehead atoms. The van der Waals surface area contributed by atoms with Crippen LogP contribution in [0.2, 0.25) is 0 Å². The van der Waals surface area contributed by atoms with E-state index in [0.29, 0.717) is 40.0 Å². The minimum Gasteiger partial charge on any atom is -0.494 e. The number of aromatic nitrogens is 1. The molecule has 38 heavy (non-hydrogen) atoms. The van der Waals surface area contributed by atoms with Crippen LogP contribution in [0.3, 0.4) is 0 Å². The maximum atomic E-state index is 12.6. The summed E-state index contributed by atoms with van der Waals surface area (Å²) in [6.45, 7) is 2.79. The molecule has 1 heterocycles. The van der Waals surface area contributed by atoms with Gasteiger partial charge in [0.1, 0.15) is 0 Å². The predicted octanol–water partition coefficient (Wildman–Crippen LogP) is 6.05. The predicted molar refractivity (Wildman–Crippen MR) is 151 cm³/mol. The molecule has 0 radical (unpaired) electrons. The van der Waals surface area contributed by atoms with Crippen LogP contribution in [0, 0.1) is 6.92 Å². The molecule has 4 aromatic rings. The van der Waals surface area contributed by atoms with Gasteiger partial charge in [-0.1, -0.05) is 30.3 Å². The number of H-pyrrole nitrogens is 1. The van der Waals surface area contributed by atoms with Crippen molar-refractivity contribution in [1.29, 1.82) is 0 Å². The summed E-state index contributed by atoms with van der Waals surface area (Å²) >= 11 is 0. The number of aryl methyl sites for hydroxylation is 1. The van der Waals surface area contributed by atoms with Gasteiger partial charge in [0, 0.05) is 28.5 Å². The van der Waals surface area contributed by atoms with Crippen molar-refractivity contribution in [1.82, 2.24) is 9.88 Å². The number of carbonyl (C=O) groups is 2. The number of unbranched alkanes of at least 4 members (excludes halogenated alkanes) is 1. The first-order valence-electron chi connectivity index (χ1n) is 12.6. The molecule has 0 spiro atoms. The van der Waals surface area contributed by atoms with Crippen LogP contribution >= 0.6 is 0 Å². The number of nitrogens with zero attached hydrogens (tertiary/aromatic N) is 2. The molecule has 2 N–H and O–H groups in total. The zero-order chi connectivity index (χ0) is 27.2. The molecular weight excluding hydrogens is 478 g/mol. The third-order valence-electron chi connectivity index (χ3n) is 6.50. The average Bonchev–Trinajstić information content (AvgIpc) is 3.23. The van der Waals surface area contributed by atoms with Gasteiger partial charge in [0.2, 0.25) is 0 Å². The number of nitrogens with one attached hydrogen (secondary N) is 1. The second-order valence-corrected chi connectivity index (χ2v) is 9.61. The molecule has 0 aliphatic carbocycles. The summed E-state index contributed by atoms with van der Waals surface area (Å²) in [4.78, 5) is 34.8. The summed E-state index contributed by atoms with van der Waals surface area (Å²) in [5, 5.41) is 11.7. The Kier molecular flexibility index (Phi) is 8.38. The first kappa shape index (κ1) is 26.8. The zero-order valence-electron chi connectivity index (χ0n) is 22.2. The summed E-state index contributed by atoms with van der Waals surface area (Å²) in [5.41, 5.74) is 5.00. The van der Waals surface area contributed by atoms with Crippen molar-refractivity contribution >= 4 is 34.1 Å². The van der Waals surface area contributed by atoms with E-state index in [2.05, 4.69) is 9.88 Å². The van der Waals surface area contributed by atoms with Gasteiger partial charge in [-0.2, -0.15) is 0 Å². The summed E-state index contributed by atoms with van der Waals surface area (Å²) < 4.78 is 4.90. The minimum absolute atomic E-state index is 0.0476. The number of Topliss-reactive ketones (excluding diaryl/α,β-unsaturated/α-hetero) is 1. The summed E-state index contributed by atoms with van der Waals surface area (Å²) in [5.74, 6) is -0.369. The number of aromatic amines is 1. The highest BCUT2D eigenvalue weighted by molar-refractivity contribution is 6.22. The number of aliphatic imine (C=N–C) groups is 1. The number of fused-ring (bicyclic) bond motifs is 1. The number of hydrogen-bond donors (Lipinski definition) is 2. The Bertz CT molecular complexity index is 1470. The lowest BCUT2D eigenvalue weighted by Gasteiger charge is -2.10. The molecule has 0 amide bonds. The van der Waals surface area contributed by atoms with Gasteiger partial charge in [0.25, 0.3) is 0 Å². The molecule has 7 heteroatoms. The number of ketones is 1. The summed E-state index contributed by atoms with van der Waals surface area (Å²) in [7, 11) is 5.40. The molecule has 7 nitrogen and oxygen atoms in total. The van der Waals surface area contributed by atoms with Gasteiger partial charge in [-0.25, -0.2) is 9.79 Å². The quantitative estimate of drug-likeness (QED) is 0.117. The lowest BCUT2D eigenvalue weighted by atomic mass is 9.98. The van der Waals surface area contributed by atoms with Gasteiger partial charge in [0.15, 0.2) is 11.7 Å². The fraction of sp³-hybridized carbons (Fsp3) is 0.258. The van der Waals surface area contributed by atoms with Gasteiger partial charge >= 0.3 is 5.97 Å². The summed E-state index contributed by atoms with van der Waals surface area (Å²) in [6.07, 6.45) is 2.35. The van der Waals surface area contributed by atoms with Gasteiger partial charge < -0.3 is 19.7 Å². The van der Waals surface area contributed by atoms with Crippen LogP contribution in [0.25, 0.3) is 10.9 Å². The fourth-order valence-electron chi connectivity index (χ4n) is 4.48. The van der Waals surface area contributed by atoms with Gasteiger partial charge in [-0.3, -0.25) is 4.79 Å².